The van der Waals surface area contributed by atoms with Gasteiger partial charge in [0.1, 0.15) is 11.5 Å². The molecule has 0 saturated carbocycles. The molecule has 2 heterocycles. The van der Waals surface area contributed by atoms with Crippen molar-refractivity contribution in [3.8, 4) is 0 Å². The number of anilines is 1. The van der Waals surface area contributed by atoms with Crippen molar-refractivity contribution in [1.29, 1.82) is 0 Å². The topological polar surface area (TPSA) is 94.1 Å². The standard InChI is InChI=1S/C10H10N4O3/c1-7-4-9(13-17-7)6-11-8-2-3-10(12-5-8)14(15)16/h2-5,11H,6H2,1H3. The summed E-state index contributed by atoms with van der Waals surface area (Å²) in [4.78, 5) is 13.5. The molecule has 17 heavy (non-hydrogen) atoms. The van der Waals surface area contributed by atoms with Crippen molar-refractivity contribution in [2.75, 3.05) is 5.32 Å². The van der Waals surface area contributed by atoms with Gasteiger partial charge in [0.15, 0.2) is 6.20 Å². The van der Waals surface area contributed by atoms with Crippen LogP contribution in [0, 0.1) is 17.0 Å². The third kappa shape index (κ3) is 2.77. The summed E-state index contributed by atoms with van der Waals surface area (Å²) in [6.07, 6.45) is 1.41. The summed E-state index contributed by atoms with van der Waals surface area (Å²) in [5, 5.41) is 17.2. The molecular formula is C10H10N4O3. The molecular weight excluding hydrogens is 224 g/mol. The highest BCUT2D eigenvalue weighted by Crippen LogP contribution is 2.12. The first-order chi connectivity index (χ1) is 8.15. The molecule has 2 aromatic rings. The summed E-state index contributed by atoms with van der Waals surface area (Å²) in [5.41, 5.74) is 1.46. The van der Waals surface area contributed by atoms with Crippen LogP contribution in [-0.2, 0) is 6.54 Å². The summed E-state index contributed by atoms with van der Waals surface area (Å²) in [7, 11) is 0. The van der Waals surface area contributed by atoms with Crippen molar-refractivity contribution in [3.05, 3.63) is 46.0 Å². The summed E-state index contributed by atoms with van der Waals surface area (Å²) in [5.74, 6) is 0.566. The molecule has 0 fully saturated rings. The molecule has 0 bridgehead atoms. The minimum Gasteiger partial charge on any atom is -0.376 e. The SMILES string of the molecule is Cc1cc(CNc2ccc([N+](=O)[O-])nc2)no1. The predicted molar refractivity (Wildman–Crippen MR) is 59.5 cm³/mol. The van der Waals surface area contributed by atoms with Crippen molar-refractivity contribution < 1.29 is 9.45 Å². The Kier molecular flexibility index (Phi) is 2.99. The average Bonchev–Trinajstić information content (AvgIpc) is 2.73. The minimum atomic E-state index is -0.537. The maximum atomic E-state index is 10.4. The van der Waals surface area contributed by atoms with Crippen LogP contribution in [0.5, 0.6) is 0 Å². The smallest absolute Gasteiger partial charge is 0.363 e. The maximum absolute atomic E-state index is 10.4. The fourth-order valence-electron chi connectivity index (χ4n) is 1.29. The molecule has 0 unspecified atom stereocenters. The predicted octanol–water partition coefficient (Wildman–Crippen LogP) is 1.90. The lowest BCUT2D eigenvalue weighted by Gasteiger charge is -2.00. The van der Waals surface area contributed by atoms with E-state index in [4.69, 9.17) is 4.52 Å². The van der Waals surface area contributed by atoms with Gasteiger partial charge in [0.25, 0.3) is 0 Å². The number of aromatic nitrogens is 2. The molecule has 0 radical (unpaired) electrons. The monoisotopic (exact) mass is 234 g/mol. The number of nitrogens with one attached hydrogen (secondary N) is 1. The number of rotatable bonds is 4. The fraction of sp³-hybridized carbons (Fsp3) is 0.200. The fourth-order valence-corrected chi connectivity index (χ4v) is 1.29. The lowest BCUT2D eigenvalue weighted by Crippen LogP contribution is -2.00. The zero-order chi connectivity index (χ0) is 12.3. The van der Waals surface area contributed by atoms with E-state index in [2.05, 4.69) is 15.5 Å². The van der Waals surface area contributed by atoms with Crippen LogP contribution in [0.25, 0.3) is 0 Å². The Morgan fingerprint density at radius 1 is 1.53 bits per heavy atom. The van der Waals surface area contributed by atoms with Crippen LogP contribution >= 0.6 is 0 Å². The molecule has 0 spiro atoms. The van der Waals surface area contributed by atoms with Crippen LogP contribution < -0.4 is 5.32 Å². The van der Waals surface area contributed by atoms with Gasteiger partial charge in [-0.15, -0.1) is 0 Å². The van der Waals surface area contributed by atoms with Crippen LogP contribution in [0.3, 0.4) is 0 Å². The van der Waals surface area contributed by atoms with Gasteiger partial charge in [-0.25, -0.2) is 0 Å². The van der Waals surface area contributed by atoms with E-state index < -0.39 is 4.92 Å². The number of hydrogen-bond donors (Lipinski definition) is 1. The quantitative estimate of drug-likeness (QED) is 0.641. The summed E-state index contributed by atoms with van der Waals surface area (Å²) in [6.45, 7) is 2.29. The normalized spacial score (nSPS) is 10.2. The van der Waals surface area contributed by atoms with Gasteiger partial charge in [-0.2, -0.15) is 0 Å². The molecule has 88 valence electrons. The first-order valence-corrected chi connectivity index (χ1v) is 4.91. The van der Waals surface area contributed by atoms with E-state index in [1.807, 2.05) is 13.0 Å². The first-order valence-electron chi connectivity index (χ1n) is 4.91. The highest BCUT2D eigenvalue weighted by molar-refractivity contribution is 5.43. The van der Waals surface area contributed by atoms with E-state index in [9.17, 15) is 10.1 Å². The summed E-state index contributed by atoms with van der Waals surface area (Å²) >= 11 is 0. The molecule has 0 aliphatic heterocycles. The Morgan fingerprint density at radius 3 is 2.88 bits per heavy atom. The van der Waals surface area contributed by atoms with Crippen molar-refractivity contribution in [3.63, 3.8) is 0 Å². The van der Waals surface area contributed by atoms with Crippen LogP contribution in [0.2, 0.25) is 0 Å². The molecule has 0 amide bonds. The van der Waals surface area contributed by atoms with Gasteiger partial charge in [0.2, 0.25) is 0 Å². The molecule has 0 saturated heterocycles. The molecule has 2 aromatic heterocycles. The van der Waals surface area contributed by atoms with Gasteiger partial charge in [0.05, 0.1) is 12.2 Å². The van der Waals surface area contributed by atoms with E-state index in [0.717, 1.165) is 11.5 Å². The second-order valence-corrected chi connectivity index (χ2v) is 3.44. The molecule has 2 rings (SSSR count). The highest BCUT2D eigenvalue weighted by Gasteiger charge is 2.06. The zero-order valence-corrected chi connectivity index (χ0v) is 9.08. The molecule has 1 N–H and O–H groups in total. The zero-order valence-electron chi connectivity index (χ0n) is 9.08. The Morgan fingerprint density at radius 2 is 2.35 bits per heavy atom. The van der Waals surface area contributed by atoms with E-state index in [-0.39, 0.29) is 5.82 Å². The van der Waals surface area contributed by atoms with Crippen LogP contribution in [0.1, 0.15) is 11.5 Å². The average molecular weight is 234 g/mol. The molecule has 0 aliphatic carbocycles. The maximum Gasteiger partial charge on any atom is 0.363 e. The van der Waals surface area contributed by atoms with Gasteiger partial charge >= 0.3 is 5.82 Å². The van der Waals surface area contributed by atoms with Crippen LogP contribution in [-0.4, -0.2) is 15.1 Å². The van der Waals surface area contributed by atoms with E-state index in [1.165, 1.54) is 12.3 Å². The minimum absolute atomic E-state index is 0.173. The van der Waals surface area contributed by atoms with Crippen LogP contribution in [0.4, 0.5) is 11.5 Å². The third-order valence-corrected chi connectivity index (χ3v) is 2.09. The van der Waals surface area contributed by atoms with E-state index in [0.29, 0.717) is 12.2 Å². The van der Waals surface area contributed by atoms with Crippen molar-refractivity contribution in [1.82, 2.24) is 10.1 Å². The molecule has 0 aromatic carbocycles. The van der Waals surface area contributed by atoms with Gasteiger partial charge in [0, 0.05) is 12.1 Å². The Bertz CT molecular complexity index is 521. The van der Waals surface area contributed by atoms with Gasteiger partial charge in [-0.3, -0.25) is 0 Å². The third-order valence-electron chi connectivity index (χ3n) is 2.09. The first kappa shape index (κ1) is 11.1. The second-order valence-electron chi connectivity index (χ2n) is 3.44. The number of nitrogens with zero attached hydrogens (tertiary/aromatic N) is 3. The lowest BCUT2D eigenvalue weighted by atomic mass is 10.3. The molecule has 7 heteroatoms. The summed E-state index contributed by atoms with van der Waals surface area (Å²) < 4.78 is 4.91. The van der Waals surface area contributed by atoms with Crippen LogP contribution in [0.15, 0.2) is 28.9 Å². The Hall–Kier alpha value is -2.44. The van der Waals surface area contributed by atoms with E-state index in [1.54, 1.807) is 6.07 Å². The Labute approximate surface area is 96.6 Å². The van der Waals surface area contributed by atoms with Gasteiger partial charge < -0.3 is 20.0 Å². The van der Waals surface area contributed by atoms with Crippen molar-refractivity contribution in [2.24, 2.45) is 0 Å². The van der Waals surface area contributed by atoms with Crippen molar-refractivity contribution >= 4 is 11.5 Å². The largest absolute Gasteiger partial charge is 0.376 e. The second kappa shape index (κ2) is 4.60. The number of aryl methyl sites for hydroxylation is 1. The van der Waals surface area contributed by atoms with Gasteiger partial charge in [-0.05, 0) is 22.9 Å². The number of hydrogen-bond acceptors (Lipinski definition) is 6. The molecule has 0 aliphatic rings. The summed E-state index contributed by atoms with van der Waals surface area (Å²) in [6, 6.07) is 4.75. The molecule has 0 atom stereocenters. The Balaban J connectivity index is 1.97. The number of nitro groups is 1. The van der Waals surface area contributed by atoms with Gasteiger partial charge in [-0.1, -0.05) is 5.16 Å². The van der Waals surface area contributed by atoms with E-state index >= 15 is 0 Å². The number of pyridine rings is 1. The molecule has 7 nitrogen and oxygen atoms in total. The lowest BCUT2D eigenvalue weighted by molar-refractivity contribution is -0.389. The van der Waals surface area contributed by atoms with Crippen molar-refractivity contribution in [2.45, 2.75) is 13.5 Å². The highest BCUT2D eigenvalue weighted by atomic mass is 16.6.